The Morgan fingerprint density at radius 3 is 2.54 bits per heavy atom. The summed E-state index contributed by atoms with van der Waals surface area (Å²) in [5.74, 6) is 0.450. The number of nitrogens with one attached hydrogen (secondary N) is 1. The van der Waals surface area contributed by atoms with Crippen LogP contribution in [0.25, 0.3) is 0 Å². The molecule has 0 aromatic heterocycles. The second-order valence-corrected chi connectivity index (χ2v) is 6.27. The van der Waals surface area contributed by atoms with Gasteiger partial charge in [0.05, 0.1) is 13.5 Å². The van der Waals surface area contributed by atoms with Gasteiger partial charge in [0.1, 0.15) is 11.8 Å². The molecule has 138 valence electrons. The van der Waals surface area contributed by atoms with E-state index in [-0.39, 0.29) is 18.2 Å². The number of hydrogen-bond donors (Lipinski definition) is 1. The fourth-order valence-electron chi connectivity index (χ4n) is 2.83. The highest BCUT2D eigenvalue weighted by atomic mass is 16.5. The van der Waals surface area contributed by atoms with E-state index in [1.807, 2.05) is 55.5 Å². The van der Waals surface area contributed by atoms with Gasteiger partial charge in [0.2, 0.25) is 11.8 Å². The van der Waals surface area contributed by atoms with Gasteiger partial charge in [0, 0.05) is 13.6 Å². The Balaban J connectivity index is 2.26. The van der Waals surface area contributed by atoms with Gasteiger partial charge in [-0.15, -0.1) is 0 Å². The van der Waals surface area contributed by atoms with Crippen molar-refractivity contribution in [1.29, 1.82) is 0 Å². The Morgan fingerprint density at radius 1 is 1.15 bits per heavy atom. The number of ether oxygens (including phenoxy) is 1. The van der Waals surface area contributed by atoms with Gasteiger partial charge in [-0.1, -0.05) is 36.4 Å². The summed E-state index contributed by atoms with van der Waals surface area (Å²) in [6.07, 6.45) is 0.262. The summed E-state index contributed by atoms with van der Waals surface area (Å²) in [4.78, 5) is 26.8. The highest BCUT2D eigenvalue weighted by molar-refractivity contribution is 5.88. The minimum atomic E-state index is -0.567. The molecule has 2 amide bonds. The first kappa shape index (κ1) is 19.5. The van der Waals surface area contributed by atoms with Crippen molar-refractivity contribution >= 4 is 11.8 Å². The van der Waals surface area contributed by atoms with Gasteiger partial charge in [-0.3, -0.25) is 9.59 Å². The average Bonchev–Trinajstić information content (AvgIpc) is 2.66. The molecule has 0 radical (unpaired) electrons. The van der Waals surface area contributed by atoms with Crippen LogP contribution in [0.2, 0.25) is 0 Å². The van der Waals surface area contributed by atoms with Crippen molar-refractivity contribution in [2.24, 2.45) is 0 Å². The summed E-state index contributed by atoms with van der Waals surface area (Å²) in [5.41, 5.74) is 2.95. The maximum absolute atomic E-state index is 13.0. The number of methoxy groups -OCH3 is 1. The van der Waals surface area contributed by atoms with Crippen LogP contribution in [0.3, 0.4) is 0 Å². The van der Waals surface area contributed by atoms with E-state index in [1.54, 1.807) is 26.0 Å². The van der Waals surface area contributed by atoms with E-state index in [2.05, 4.69) is 5.32 Å². The summed E-state index contributed by atoms with van der Waals surface area (Å²) in [5, 5.41) is 2.63. The molecule has 0 spiro atoms. The Hall–Kier alpha value is -2.82. The summed E-state index contributed by atoms with van der Waals surface area (Å²) >= 11 is 0. The molecule has 5 heteroatoms. The van der Waals surface area contributed by atoms with Gasteiger partial charge >= 0.3 is 0 Å². The lowest BCUT2D eigenvalue weighted by molar-refractivity contribution is -0.139. The molecule has 1 unspecified atom stereocenters. The molecular formula is C21H26N2O3. The lowest BCUT2D eigenvalue weighted by Gasteiger charge is -2.28. The molecule has 2 rings (SSSR count). The molecule has 0 aliphatic carbocycles. The smallest absolute Gasteiger partial charge is 0.242 e. The van der Waals surface area contributed by atoms with Crippen molar-refractivity contribution in [1.82, 2.24) is 10.2 Å². The highest BCUT2D eigenvalue weighted by Gasteiger charge is 2.25. The van der Waals surface area contributed by atoms with Crippen molar-refractivity contribution in [3.8, 4) is 5.75 Å². The van der Waals surface area contributed by atoms with Crippen LogP contribution >= 0.6 is 0 Å². The lowest BCUT2D eigenvalue weighted by atomic mass is 10.0. The number of hydrogen-bond acceptors (Lipinski definition) is 3. The van der Waals surface area contributed by atoms with Gasteiger partial charge in [0.15, 0.2) is 0 Å². The van der Waals surface area contributed by atoms with E-state index < -0.39 is 6.04 Å². The van der Waals surface area contributed by atoms with Crippen LogP contribution < -0.4 is 10.1 Å². The van der Waals surface area contributed by atoms with Gasteiger partial charge < -0.3 is 15.0 Å². The molecule has 2 aromatic rings. The Bertz CT molecular complexity index is 773. The van der Waals surface area contributed by atoms with E-state index in [4.69, 9.17) is 4.74 Å². The second-order valence-electron chi connectivity index (χ2n) is 6.27. The molecule has 0 fully saturated rings. The third-order valence-electron chi connectivity index (χ3n) is 4.50. The molecule has 1 N–H and O–H groups in total. The summed E-state index contributed by atoms with van der Waals surface area (Å²) < 4.78 is 5.25. The van der Waals surface area contributed by atoms with E-state index in [0.29, 0.717) is 6.54 Å². The van der Waals surface area contributed by atoms with Crippen molar-refractivity contribution in [2.45, 2.75) is 32.9 Å². The first-order valence-corrected chi connectivity index (χ1v) is 8.64. The van der Waals surface area contributed by atoms with E-state index in [1.165, 1.54) is 0 Å². The van der Waals surface area contributed by atoms with Crippen molar-refractivity contribution in [3.63, 3.8) is 0 Å². The van der Waals surface area contributed by atoms with Crippen molar-refractivity contribution in [2.75, 3.05) is 14.2 Å². The molecule has 26 heavy (non-hydrogen) atoms. The van der Waals surface area contributed by atoms with Gasteiger partial charge in [-0.05, 0) is 42.7 Å². The number of nitrogens with zero attached hydrogens (tertiary/aromatic N) is 1. The molecule has 0 aliphatic rings. The minimum Gasteiger partial charge on any atom is -0.497 e. The highest BCUT2D eigenvalue weighted by Crippen LogP contribution is 2.18. The predicted octanol–water partition coefficient (Wildman–Crippen LogP) is 2.71. The van der Waals surface area contributed by atoms with Gasteiger partial charge in [0.25, 0.3) is 0 Å². The lowest BCUT2D eigenvalue weighted by Crippen LogP contribution is -2.47. The van der Waals surface area contributed by atoms with Crippen LogP contribution in [0.1, 0.15) is 23.6 Å². The fraction of sp³-hybridized carbons (Fsp3) is 0.333. The standard InChI is InChI=1S/C21H26N2O3/c1-15-8-5-6-10-18(15)13-20(24)23(16(2)21(25)22-3)14-17-9-7-11-19(12-17)26-4/h5-12,16H,13-14H2,1-4H3,(H,22,25). The Kier molecular flexibility index (Phi) is 6.78. The van der Waals surface area contributed by atoms with Crippen molar-refractivity contribution < 1.29 is 14.3 Å². The summed E-state index contributed by atoms with van der Waals surface area (Å²) in [6, 6.07) is 14.8. The van der Waals surface area contributed by atoms with Gasteiger partial charge in [-0.25, -0.2) is 0 Å². The number of aryl methyl sites for hydroxylation is 1. The molecule has 0 aliphatic heterocycles. The van der Waals surface area contributed by atoms with E-state index >= 15 is 0 Å². The fourth-order valence-corrected chi connectivity index (χ4v) is 2.83. The summed E-state index contributed by atoms with van der Waals surface area (Å²) in [7, 11) is 3.18. The zero-order valence-electron chi connectivity index (χ0n) is 15.8. The molecule has 0 saturated carbocycles. The molecular weight excluding hydrogens is 328 g/mol. The summed E-state index contributed by atoms with van der Waals surface area (Å²) in [6.45, 7) is 4.07. The largest absolute Gasteiger partial charge is 0.497 e. The normalized spacial score (nSPS) is 11.5. The number of rotatable bonds is 7. The van der Waals surface area contributed by atoms with Crippen molar-refractivity contribution in [3.05, 3.63) is 65.2 Å². The molecule has 0 heterocycles. The van der Waals surface area contributed by atoms with E-state index in [0.717, 1.165) is 22.4 Å². The van der Waals surface area contributed by atoms with Crippen LogP contribution in [-0.4, -0.2) is 36.9 Å². The van der Waals surface area contributed by atoms with Crippen LogP contribution in [0.4, 0.5) is 0 Å². The molecule has 0 saturated heterocycles. The van der Waals surface area contributed by atoms with Crippen LogP contribution in [0.15, 0.2) is 48.5 Å². The first-order chi connectivity index (χ1) is 12.5. The third-order valence-corrected chi connectivity index (χ3v) is 4.50. The number of carbonyl (C=O) groups excluding carboxylic acids is 2. The number of benzene rings is 2. The van der Waals surface area contributed by atoms with Gasteiger partial charge in [-0.2, -0.15) is 0 Å². The average molecular weight is 354 g/mol. The molecule has 5 nitrogen and oxygen atoms in total. The molecule has 1 atom stereocenters. The molecule has 2 aromatic carbocycles. The van der Waals surface area contributed by atoms with Crippen LogP contribution in [0, 0.1) is 6.92 Å². The maximum atomic E-state index is 13.0. The monoisotopic (exact) mass is 354 g/mol. The Morgan fingerprint density at radius 2 is 1.88 bits per heavy atom. The topological polar surface area (TPSA) is 58.6 Å². The Labute approximate surface area is 155 Å². The second kappa shape index (κ2) is 9.04. The first-order valence-electron chi connectivity index (χ1n) is 8.64. The quantitative estimate of drug-likeness (QED) is 0.832. The SMILES string of the molecule is CNC(=O)C(C)N(Cc1cccc(OC)c1)C(=O)Cc1ccccc1C. The van der Waals surface area contributed by atoms with Crippen LogP contribution in [0.5, 0.6) is 5.75 Å². The number of amides is 2. The third kappa shape index (κ3) is 4.85. The zero-order valence-corrected chi connectivity index (χ0v) is 15.8. The number of carbonyl (C=O) groups is 2. The molecule has 0 bridgehead atoms. The zero-order chi connectivity index (χ0) is 19.1. The maximum Gasteiger partial charge on any atom is 0.242 e. The predicted molar refractivity (Wildman–Crippen MR) is 102 cm³/mol. The van der Waals surface area contributed by atoms with Crippen LogP contribution in [-0.2, 0) is 22.6 Å². The van der Waals surface area contributed by atoms with E-state index in [9.17, 15) is 9.59 Å². The number of likely N-dealkylation sites (N-methyl/N-ethyl adjacent to an activating group) is 1. The minimum absolute atomic E-state index is 0.0850.